The Kier molecular flexibility index (Phi) is 3.67. The Hall–Kier alpha value is -1.17. The molecule has 2 heterocycles. The molecule has 0 aliphatic heterocycles. The summed E-state index contributed by atoms with van der Waals surface area (Å²) in [5.41, 5.74) is 1.93. The molecule has 2 aromatic heterocycles. The number of thiophene rings is 1. The molecule has 3 aromatic rings. The maximum Gasteiger partial charge on any atom is 0.171 e. The van der Waals surface area contributed by atoms with Crippen molar-refractivity contribution >= 4 is 49.8 Å². The van der Waals surface area contributed by atoms with E-state index in [0.717, 1.165) is 31.6 Å². The molecule has 102 valence electrons. The molecular weight excluding hydrogens is 360 g/mol. The largest absolute Gasteiger partial charge is 0.496 e. The summed E-state index contributed by atoms with van der Waals surface area (Å²) in [6, 6.07) is 5.87. The number of benzene rings is 1. The number of hydrogen-bond donors (Lipinski definition) is 0. The number of halogens is 2. The minimum atomic E-state index is 0.460. The lowest BCUT2D eigenvalue weighted by Crippen LogP contribution is -1.92. The molecule has 3 nitrogen and oxygen atoms in total. The van der Waals surface area contributed by atoms with Crippen LogP contribution in [-0.2, 0) is 0 Å². The van der Waals surface area contributed by atoms with Gasteiger partial charge in [-0.25, -0.2) is 9.97 Å². The van der Waals surface area contributed by atoms with E-state index in [-0.39, 0.29) is 0 Å². The number of fused-ring (bicyclic) bond motifs is 1. The van der Waals surface area contributed by atoms with Gasteiger partial charge in [0.15, 0.2) is 5.82 Å². The molecule has 0 atom stereocenters. The average Bonchev–Trinajstić information content (AvgIpc) is 2.88. The van der Waals surface area contributed by atoms with Crippen LogP contribution in [0.25, 0.3) is 21.6 Å². The van der Waals surface area contributed by atoms with Gasteiger partial charge < -0.3 is 4.74 Å². The molecule has 0 aliphatic carbocycles. The number of aromatic nitrogens is 2. The number of methoxy groups -OCH3 is 1. The van der Waals surface area contributed by atoms with Crippen molar-refractivity contribution in [3.63, 3.8) is 0 Å². The molecule has 0 saturated heterocycles. The van der Waals surface area contributed by atoms with Gasteiger partial charge in [0.1, 0.15) is 10.9 Å². The maximum atomic E-state index is 6.30. The van der Waals surface area contributed by atoms with Crippen molar-refractivity contribution in [3.05, 3.63) is 38.8 Å². The van der Waals surface area contributed by atoms with Crippen LogP contribution in [0.2, 0.25) is 5.15 Å². The van der Waals surface area contributed by atoms with Gasteiger partial charge in [-0.3, -0.25) is 0 Å². The summed E-state index contributed by atoms with van der Waals surface area (Å²) in [5.74, 6) is 1.43. The Balaban J connectivity index is 2.23. The summed E-state index contributed by atoms with van der Waals surface area (Å²) in [6.07, 6.45) is 0. The van der Waals surface area contributed by atoms with E-state index in [2.05, 4.69) is 25.9 Å². The van der Waals surface area contributed by atoms with Gasteiger partial charge in [-0.05, 0) is 24.6 Å². The number of nitrogens with zero attached hydrogens (tertiary/aromatic N) is 2. The van der Waals surface area contributed by atoms with Gasteiger partial charge in [-0.1, -0.05) is 27.5 Å². The molecule has 6 heteroatoms. The Morgan fingerprint density at radius 1 is 1.25 bits per heavy atom. The lowest BCUT2D eigenvalue weighted by molar-refractivity contribution is 0.417. The van der Waals surface area contributed by atoms with Crippen molar-refractivity contribution in [3.8, 4) is 16.5 Å². The third-order valence-electron chi connectivity index (χ3n) is 2.94. The van der Waals surface area contributed by atoms with Gasteiger partial charge in [0.2, 0.25) is 0 Å². The fourth-order valence-corrected chi connectivity index (χ4v) is 3.56. The Labute approximate surface area is 133 Å². The van der Waals surface area contributed by atoms with E-state index in [1.165, 1.54) is 11.3 Å². The Morgan fingerprint density at radius 3 is 2.75 bits per heavy atom. The minimum Gasteiger partial charge on any atom is -0.496 e. The van der Waals surface area contributed by atoms with E-state index in [4.69, 9.17) is 16.3 Å². The van der Waals surface area contributed by atoms with Crippen LogP contribution >= 0.6 is 38.9 Å². The minimum absolute atomic E-state index is 0.460. The molecule has 3 rings (SSSR count). The van der Waals surface area contributed by atoms with Crippen molar-refractivity contribution in [2.45, 2.75) is 6.92 Å². The van der Waals surface area contributed by atoms with Crippen molar-refractivity contribution in [2.75, 3.05) is 7.11 Å². The van der Waals surface area contributed by atoms with Crippen molar-refractivity contribution in [1.29, 1.82) is 0 Å². The summed E-state index contributed by atoms with van der Waals surface area (Å²) in [6.45, 7) is 2.01. The number of rotatable bonds is 2. The summed E-state index contributed by atoms with van der Waals surface area (Å²) in [7, 11) is 1.64. The molecule has 0 amide bonds. The molecule has 0 saturated carbocycles. The number of aryl methyl sites for hydroxylation is 1. The topological polar surface area (TPSA) is 35.0 Å². The molecule has 20 heavy (non-hydrogen) atoms. The van der Waals surface area contributed by atoms with Crippen LogP contribution in [0.15, 0.2) is 28.1 Å². The highest BCUT2D eigenvalue weighted by atomic mass is 79.9. The van der Waals surface area contributed by atoms with E-state index < -0.39 is 0 Å². The van der Waals surface area contributed by atoms with Crippen molar-refractivity contribution in [2.24, 2.45) is 0 Å². The standard InChI is InChI=1S/C14H10BrClN2OS/c1-7-3-8(15)4-10-12(7)17-14(18-13(10)16)11-5-9(19-2)6-20-11/h3-6H,1-2H3. The molecular formula is C14H10BrClN2OS. The SMILES string of the molecule is COc1csc(-c2nc(Cl)c3cc(Br)cc(C)c3n2)c1. The van der Waals surface area contributed by atoms with Crippen LogP contribution in [0, 0.1) is 6.92 Å². The zero-order valence-electron chi connectivity index (χ0n) is 10.8. The summed E-state index contributed by atoms with van der Waals surface area (Å²) < 4.78 is 6.16. The maximum absolute atomic E-state index is 6.30. The van der Waals surface area contributed by atoms with Crippen LogP contribution in [-0.4, -0.2) is 17.1 Å². The van der Waals surface area contributed by atoms with Crippen LogP contribution in [0.3, 0.4) is 0 Å². The zero-order valence-corrected chi connectivity index (χ0v) is 13.9. The van der Waals surface area contributed by atoms with Gasteiger partial charge in [-0.2, -0.15) is 0 Å². The van der Waals surface area contributed by atoms with E-state index in [0.29, 0.717) is 11.0 Å². The first-order chi connectivity index (χ1) is 9.58. The summed E-state index contributed by atoms with van der Waals surface area (Å²) in [5, 5.41) is 3.23. The lowest BCUT2D eigenvalue weighted by Gasteiger charge is -2.06. The van der Waals surface area contributed by atoms with Crippen LogP contribution < -0.4 is 4.74 Å². The predicted octanol–water partition coefficient (Wildman–Crippen LogP) is 5.09. The molecule has 0 radical (unpaired) electrons. The molecule has 1 aromatic carbocycles. The van der Waals surface area contributed by atoms with Gasteiger partial charge >= 0.3 is 0 Å². The Bertz CT molecular complexity index is 803. The van der Waals surface area contributed by atoms with E-state index in [9.17, 15) is 0 Å². The van der Waals surface area contributed by atoms with Crippen molar-refractivity contribution < 1.29 is 4.74 Å². The summed E-state index contributed by atoms with van der Waals surface area (Å²) in [4.78, 5) is 9.96. The van der Waals surface area contributed by atoms with Gasteiger partial charge in [0, 0.05) is 21.3 Å². The monoisotopic (exact) mass is 368 g/mol. The highest BCUT2D eigenvalue weighted by Gasteiger charge is 2.12. The van der Waals surface area contributed by atoms with Crippen LogP contribution in [0.1, 0.15) is 5.56 Å². The van der Waals surface area contributed by atoms with Gasteiger partial charge in [0.05, 0.1) is 17.5 Å². The van der Waals surface area contributed by atoms with E-state index in [1.54, 1.807) is 7.11 Å². The van der Waals surface area contributed by atoms with Crippen LogP contribution in [0.4, 0.5) is 0 Å². The molecule has 0 spiro atoms. The lowest BCUT2D eigenvalue weighted by atomic mass is 10.1. The van der Waals surface area contributed by atoms with Crippen LogP contribution in [0.5, 0.6) is 5.75 Å². The van der Waals surface area contributed by atoms with Crippen molar-refractivity contribution in [1.82, 2.24) is 9.97 Å². The second-order valence-corrected chi connectivity index (χ2v) is 6.49. The van der Waals surface area contributed by atoms with Gasteiger partial charge in [-0.15, -0.1) is 11.3 Å². The van der Waals surface area contributed by atoms with Gasteiger partial charge in [0.25, 0.3) is 0 Å². The average molecular weight is 370 g/mol. The zero-order chi connectivity index (χ0) is 14.3. The fraction of sp³-hybridized carbons (Fsp3) is 0.143. The number of ether oxygens (including phenoxy) is 1. The molecule has 0 fully saturated rings. The smallest absolute Gasteiger partial charge is 0.171 e. The Morgan fingerprint density at radius 2 is 2.05 bits per heavy atom. The third-order valence-corrected chi connectivity index (χ3v) is 4.59. The first kappa shape index (κ1) is 13.8. The fourth-order valence-electron chi connectivity index (χ4n) is 1.98. The normalized spacial score (nSPS) is 11.0. The first-order valence-electron chi connectivity index (χ1n) is 5.85. The highest BCUT2D eigenvalue weighted by molar-refractivity contribution is 9.10. The van der Waals surface area contributed by atoms with E-state index >= 15 is 0 Å². The molecule has 0 unspecified atom stereocenters. The summed E-state index contributed by atoms with van der Waals surface area (Å²) >= 11 is 11.3. The van der Waals surface area contributed by atoms with E-state index in [1.807, 2.05) is 30.5 Å². The second kappa shape index (κ2) is 5.31. The third kappa shape index (κ3) is 2.41. The highest BCUT2D eigenvalue weighted by Crippen LogP contribution is 2.33. The predicted molar refractivity (Wildman–Crippen MR) is 86.9 cm³/mol. The first-order valence-corrected chi connectivity index (χ1v) is 7.90. The second-order valence-electron chi connectivity index (χ2n) is 4.31. The number of hydrogen-bond acceptors (Lipinski definition) is 4. The quantitative estimate of drug-likeness (QED) is 0.590. The molecule has 0 aliphatic rings. The molecule has 0 N–H and O–H groups in total. The molecule has 0 bridgehead atoms.